The molecule has 1 amide bonds. The summed E-state index contributed by atoms with van der Waals surface area (Å²) in [6.45, 7) is 0.0112. The molecule has 1 aliphatic carbocycles. The number of amides is 1. The van der Waals surface area contributed by atoms with Gasteiger partial charge in [0.2, 0.25) is 5.82 Å². The lowest BCUT2D eigenvalue weighted by Crippen LogP contribution is -2.45. The van der Waals surface area contributed by atoms with Crippen molar-refractivity contribution < 1.29 is 26.7 Å². The minimum Gasteiger partial charge on any atom is -0.367 e. The second-order valence-corrected chi connectivity index (χ2v) is 9.80. The number of hydrogen-bond donors (Lipinski definition) is 2. The highest BCUT2D eigenvalue weighted by molar-refractivity contribution is 6.06. The quantitative estimate of drug-likeness (QED) is 0.405. The van der Waals surface area contributed by atoms with E-state index < -0.39 is 29.9 Å². The molecule has 2 N–H and O–H groups in total. The van der Waals surface area contributed by atoms with Gasteiger partial charge in [0.05, 0.1) is 11.6 Å². The number of aromatic nitrogens is 3. The Morgan fingerprint density at radius 1 is 1.08 bits per heavy atom. The van der Waals surface area contributed by atoms with Crippen LogP contribution in [-0.4, -0.2) is 57.4 Å². The van der Waals surface area contributed by atoms with Crippen LogP contribution >= 0.6 is 0 Å². The van der Waals surface area contributed by atoms with Crippen LogP contribution in [0.15, 0.2) is 42.7 Å². The Labute approximate surface area is 215 Å². The fourth-order valence-electron chi connectivity index (χ4n) is 4.76. The van der Waals surface area contributed by atoms with Crippen molar-refractivity contribution in [2.45, 2.75) is 56.3 Å². The number of carbonyl (C=O) groups excluding carboxylic acids is 1. The smallest absolute Gasteiger partial charge is 0.367 e. The summed E-state index contributed by atoms with van der Waals surface area (Å²) in [6, 6.07) is 8.59. The first-order valence-electron chi connectivity index (χ1n) is 12.5. The predicted octanol–water partition coefficient (Wildman–Crippen LogP) is 5.21. The van der Waals surface area contributed by atoms with Crippen LogP contribution in [0.25, 0.3) is 10.9 Å². The zero-order chi connectivity index (χ0) is 26.9. The van der Waals surface area contributed by atoms with Gasteiger partial charge in [-0.3, -0.25) is 9.69 Å². The molecule has 7 nitrogen and oxygen atoms in total. The van der Waals surface area contributed by atoms with Crippen molar-refractivity contribution in [2.24, 2.45) is 0 Å². The largest absolute Gasteiger partial charge is 0.451 e. The number of anilines is 1. The number of pyridine rings is 1. The maximum absolute atomic E-state index is 13.8. The molecule has 0 spiro atoms. The van der Waals surface area contributed by atoms with E-state index in [1.807, 2.05) is 18.2 Å². The van der Waals surface area contributed by atoms with E-state index in [1.165, 1.54) is 6.42 Å². The van der Waals surface area contributed by atoms with Gasteiger partial charge in [-0.1, -0.05) is 6.07 Å². The van der Waals surface area contributed by atoms with Crippen LogP contribution in [0.1, 0.15) is 59.9 Å². The van der Waals surface area contributed by atoms with Gasteiger partial charge in [-0.2, -0.15) is 13.2 Å². The summed E-state index contributed by atoms with van der Waals surface area (Å²) in [4.78, 5) is 26.4. The molecule has 3 heterocycles. The summed E-state index contributed by atoms with van der Waals surface area (Å²) in [5, 5.41) is 6.86. The van der Waals surface area contributed by atoms with Crippen LogP contribution in [0.5, 0.6) is 0 Å². The third kappa shape index (κ3) is 5.85. The molecule has 202 valence electrons. The molecule has 5 rings (SSSR count). The molecule has 1 atom stereocenters. The van der Waals surface area contributed by atoms with E-state index in [-0.39, 0.29) is 32.5 Å². The number of benzene rings is 1. The van der Waals surface area contributed by atoms with Gasteiger partial charge in [-0.25, -0.2) is 23.7 Å². The Bertz CT molecular complexity index is 1290. The number of halogens is 5. The number of alkyl halides is 5. The van der Waals surface area contributed by atoms with Crippen LogP contribution in [0.2, 0.25) is 0 Å². The zero-order valence-electron chi connectivity index (χ0n) is 20.4. The molecule has 1 saturated carbocycles. The highest BCUT2D eigenvalue weighted by atomic mass is 19.4. The third-order valence-electron chi connectivity index (χ3n) is 7.17. The minimum absolute atomic E-state index is 0.0174. The van der Waals surface area contributed by atoms with Gasteiger partial charge < -0.3 is 10.6 Å². The maximum atomic E-state index is 13.8. The Hall–Kier alpha value is -3.41. The number of piperidine rings is 1. The summed E-state index contributed by atoms with van der Waals surface area (Å²) in [7, 11) is 0. The first-order valence-corrected chi connectivity index (χ1v) is 12.5. The van der Waals surface area contributed by atoms with E-state index in [0.717, 1.165) is 31.1 Å². The van der Waals surface area contributed by atoms with Crippen LogP contribution in [0, 0.1) is 0 Å². The Morgan fingerprint density at radius 2 is 1.79 bits per heavy atom. The van der Waals surface area contributed by atoms with Crippen molar-refractivity contribution in [1.82, 2.24) is 25.2 Å². The average molecular weight is 535 g/mol. The minimum atomic E-state index is -4.70. The van der Waals surface area contributed by atoms with E-state index in [4.69, 9.17) is 0 Å². The van der Waals surface area contributed by atoms with Gasteiger partial charge in [-0.05, 0) is 43.5 Å². The topological polar surface area (TPSA) is 83.0 Å². The molecular weight excluding hydrogens is 507 g/mol. The number of carbonyl (C=O) groups is 1. The standard InChI is InChI=1S/C26H27F5N6O/c27-25(28)9-11-37(12-10-25)21(16-13-33-24(34-14-16)26(29,30)31)15-32-23(38)19-5-2-6-20-18(19)7-8-22(36-20)35-17-3-1-4-17/h2,5-8,13-14,17,21H,1,3-4,9-12,15H2,(H,32,38)(H,35,36). The molecule has 3 aromatic rings. The molecule has 2 aliphatic rings. The third-order valence-corrected chi connectivity index (χ3v) is 7.17. The van der Waals surface area contributed by atoms with Gasteiger partial charge in [0.1, 0.15) is 5.82 Å². The number of hydrogen-bond acceptors (Lipinski definition) is 6. The fourth-order valence-corrected chi connectivity index (χ4v) is 4.76. The van der Waals surface area contributed by atoms with Gasteiger partial charge in [-0.15, -0.1) is 0 Å². The molecule has 2 aromatic heterocycles. The van der Waals surface area contributed by atoms with Crippen LogP contribution in [-0.2, 0) is 6.18 Å². The van der Waals surface area contributed by atoms with Crippen molar-refractivity contribution in [1.29, 1.82) is 0 Å². The summed E-state index contributed by atoms with van der Waals surface area (Å²) in [6.07, 6.45) is -0.00390. The predicted molar refractivity (Wildman–Crippen MR) is 131 cm³/mol. The molecule has 1 unspecified atom stereocenters. The van der Waals surface area contributed by atoms with E-state index >= 15 is 0 Å². The summed E-state index contributed by atoms with van der Waals surface area (Å²) >= 11 is 0. The number of likely N-dealkylation sites (tertiary alicyclic amines) is 1. The molecule has 12 heteroatoms. The van der Waals surface area contributed by atoms with E-state index in [0.29, 0.717) is 28.1 Å². The molecular formula is C26H27F5N6O. The lowest BCUT2D eigenvalue weighted by atomic mass is 9.93. The van der Waals surface area contributed by atoms with E-state index in [1.54, 1.807) is 17.0 Å². The molecule has 2 fully saturated rings. The SMILES string of the molecule is O=C(NCC(c1cnc(C(F)(F)F)nc1)N1CCC(F)(F)CC1)c1cccc2nc(NC3CCC3)ccc12. The molecule has 0 bridgehead atoms. The average Bonchev–Trinajstić information content (AvgIpc) is 2.86. The molecule has 1 saturated heterocycles. The van der Waals surface area contributed by atoms with E-state index in [2.05, 4.69) is 25.6 Å². The first kappa shape index (κ1) is 26.2. The first-order chi connectivity index (χ1) is 18.1. The van der Waals surface area contributed by atoms with Crippen LogP contribution in [0.4, 0.5) is 27.8 Å². The van der Waals surface area contributed by atoms with Crippen LogP contribution < -0.4 is 10.6 Å². The van der Waals surface area contributed by atoms with Crippen molar-refractivity contribution in [3.8, 4) is 0 Å². The van der Waals surface area contributed by atoms with Gasteiger partial charge in [0, 0.05) is 67.4 Å². The van der Waals surface area contributed by atoms with Gasteiger partial charge in [0.15, 0.2) is 0 Å². The molecule has 1 aliphatic heterocycles. The summed E-state index contributed by atoms with van der Waals surface area (Å²) in [5.41, 5.74) is 1.33. The van der Waals surface area contributed by atoms with Gasteiger partial charge >= 0.3 is 6.18 Å². The number of nitrogens with one attached hydrogen (secondary N) is 2. The fraction of sp³-hybridized carbons (Fsp3) is 0.462. The Balaban J connectivity index is 1.34. The second-order valence-electron chi connectivity index (χ2n) is 9.80. The molecule has 38 heavy (non-hydrogen) atoms. The van der Waals surface area contributed by atoms with Crippen molar-refractivity contribution in [3.05, 3.63) is 59.7 Å². The Morgan fingerprint density at radius 3 is 2.42 bits per heavy atom. The van der Waals surface area contributed by atoms with Crippen LogP contribution in [0.3, 0.4) is 0 Å². The van der Waals surface area contributed by atoms with Gasteiger partial charge in [0.25, 0.3) is 11.8 Å². The lowest BCUT2D eigenvalue weighted by molar-refractivity contribution is -0.145. The highest BCUT2D eigenvalue weighted by Gasteiger charge is 2.38. The maximum Gasteiger partial charge on any atom is 0.451 e. The molecule has 0 radical (unpaired) electrons. The zero-order valence-corrected chi connectivity index (χ0v) is 20.4. The lowest BCUT2D eigenvalue weighted by Gasteiger charge is -2.37. The normalized spacial score (nSPS) is 19.1. The van der Waals surface area contributed by atoms with Crippen molar-refractivity contribution in [2.75, 3.05) is 25.0 Å². The number of nitrogens with zero attached hydrogens (tertiary/aromatic N) is 4. The highest BCUT2D eigenvalue weighted by Crippen LogP contribution is 2.33. The Kier molecular flexibility index (Phi) is 7.17. The second kappa shape index (κ2) is 10.4. The number of fused-ring (bicyclic) bond motifs is 1. The number of rotatable bonds is 7. The van der Waals surface area contributed by atoms with E-state index in [9.17, 15) is 26.7 Å². The summed E-state index contributed by atoms with van der Waals surface area (Å²) < 4.78 is 66.4. The molecule has 1 aromatic carbocycles. The summed E-state index contributed by atoms with van der Waals surface area (Å²) in [5.74, 6) is -3.76. The van der Waals surface area contributed by atoms with Crippen molar-refractivity contribution in [3.63, 3.8) is 0 Å². The monoisotopic (exact) mass is 534 g/mol. The van der Waals surface area contributed by atoms with Crippen molar-refractivity contribution >= 4 is 22.6 Å².